The number of aromatic nitrogens is 1. The number of fused-ring (bicyclic) bond motifs is 2. The SMILES string of the molecule is Cc1nc(-c2ccc(NC(=O)CC3CC4CCC(C3)N4)cc2)cs1. The Morgan fingerprint density at radius 3 is 2.58 bits per heavy atom. The van der Waals surface area contributed by atoms with Crippen LogP contribution in [0.2, 0.25) is 0 Å². The number of hydrogen-bond donors (Lipinski definition) is 2. The molecular weight excluding hydrogens is 318 g/mol. The minimum atomic E-state index is 0.138. The molecule has 0 aliphatic carbocycles. The molecule has 2 aliphatic heterocycles. The fourth-order valence-corrected chi connectivity index (χ4v) is 4.66. The van der Waals surface area contributed by atoms with Crippen molar-refractivity contribution in [3.8, 4) is 11.3 Å². The average molecular weight is 341 g/mol. The van der Waals surface area contributed by atoms with Gasteiger partial charge in [0.05, 0.1) is 10.7 Å². The molecule has 2 fully saturated rings. The van der Waals surface area contributed by atoms with Gasteiger partial charge in [0.15, 0.2) is 0 Å². The normalized spacial score (nSPS) is 25.6. The van der Waals surface area contributed by atoms with Crippen molar-refractivity contribution in [3.63, 3.8) is 0 Å². The maximum Gasteiger partial charge on any atom is 0.224 e. The minimum absolute atomic E-state index is 0.138. The van der Waals surface area contributed by atoms with Gasteiger partial charge in [-0.25, -0.2) is 4.98 Å². The lowest BCUT2D eigenvalue weighted by atomic mass is 9.89. The molecular formula is C19H23N3OS. The maximum absolute atomic E-state index is 12.3. The summed E-state index contributed by atoms with van der Waals surface area (Å²) in [7, 11) is 0. The summed E-state index contributed by atoms with van der Waals surface area (Å²) in [6.45, 7) is 2.01. The van der Waals surface area contributed by atoms with E-state index in [2.05, 4.69) is 21.0 Å². The number of carbonyl (C=O) groups is 1. The molecule has 1 aromatic heterocycles. The van der Waals surface area contributed by atoms with Gasteiger partial charge in [0.2, 0.25) is 5.91 Å². The van der Waals surface area contributed by atoms with Crippen molar-refractivity contribution < 1.29 is 4.79 Å². The Hall–Kier alpha value is -1.72. The molecule has 24 heavy (non-hydrogen) atoms. The second kappa shape index (κ2) is 6.65. The molecule has 4 rings (SSSR count). The summed E-state index contributed by atoms with van der Waals surface area (Å²) >= 11 is 1.65. The molecule has 2 atom stereocenters. The number of benzene rings is 1. The van der Waals surface area contributed by atoms with Crippen molar-refractivity contribution in [1.29, 1.82) is 0 Å². The zero-order valence-corrected chi connectivity index (χ0v) is 14.7. The molecule has 2 saturated heterocycles. The molecule has 1 amide bonds. The lowest BCUT2D eigenvalue weighted by Crippen LogP contribution is -2.39. The molecule has 4 nitrogen and oxygen atoms in total. The molecule has 2 N–H and O–H groups in total. The smallest absolute Gasteiger partial charge is 0.224 e. The molecule has 2 unspecified atom stereocenters. The van der Waals surface area contributed by atoms with Gasteiger partial charge in [-0.3, -0.25) is 4.79 Å². The minimum Gasteiger partial charge on any atom is -0.326 e. The molecule has 3 heterocycles. The zero-order valence-electron chi connectivity index (χ0n) is 13.9. The van der Waals surface area contributed by atoms with Crippen LogP contribution in [0.4, 0.5) is 5.69 Å². The molecule has 0 radical (unpaired) electrons. The number of rotatable bonds is 4. The van der Waals surface area contributed by atoms with Gasteiger partial charge in [-0.05, 0) is 50.7 Å². The zero-order chi connectivity index (χ0) is 16.5. The van der Waals surface area contributed by atoms with E-state index in [1.165, 1.54) is 12.8 Å². The van der Waals surface area contributed by atoms with E-state index < -0.39 is 0 Å². The summed E-state index contributed by atoms with van der Waals surface area (Å²) in [6, 6.07) is 9.26. The predicted molar refractivity (Wildman–Crippen MR) is 98.2 cm³/mol. The third kappa shape index (κ3) is 3.52. The van der Waals surface area contributed by atoms with Crippen LogP contribution in [0, 0.1) is 12.8 Å². The Bertz CT molecular complexity index is 712. The molecule has 5 heteroatoms. The van der Waals surface area contributed by atoms with Gasteiger partial charge in [-0.1, -0.05) is 12.1 Å². The van der Waals surface area contributed by atoms with Gasteiger partial charge >= 0.3 is 0 Å². The van der Waals surface area contributed by atoms with Gasteiger partial charge in [-0.15, -0.1) is 11.3 Å². The monoisotopic (exact) mass is 341 g/mol. The second-order valence-corrected chi connectivity index (χ2v) is 8.12. The van der Waals surface area contributed by atoms with Gasteiger partial charge in [-0.2, -0.15) is 0 Å². The van der Waals surface area contributed by atoms with Crippen molar-refractivity contribution >= 4 is 22.9 Å². The number of amides is 1. The summed E-state index contributed by atoms with van der Waals surface area (Å²) in [4.78, 5) is 16.8. The molecule has 2 aromatic rings. The molecule has 126 valence electrons. The van der Waals surface area contributed by atoms with E-state index in [0.717, 1.165) is 34.8 Å². The third-order valence-electron chi connectivity index (χ3n) is 5.13. The first-order chi connectivity index (χ1) is 11.7. The van der Waals surface area contributed by atoms with Crippen LogP contribution in [0.15, 0.2) is 29.6 Å². The number of anilines is 1. The molecule has 2 bridgehead atoms. The average Bonchev–Trinajstić information content (AvgIpc) is 3.13. The summed E-state index contributed by atoms with van der Waals surface area (Å²) in [5, 5.41) is 9.81. The molecule has 0 spiro atoms. The predicted octanol–water partition coefficient (Wildman–Crippen LogP) is 3.98. The van der Waals surface area contributed by atoms with E-state index in [1.54, 1.807) is 11.3 Å². The second-order valence-electron chi connectivity index (χ2n) is 7.06. The van der Waals surface area contributed by atoms with Crippen LogP contribution in [0.25, 0.3) is 11.3 Å². The highest BCUT2D eigenvalue weighted by Gasteiger charge is 2.34. The van der Waals surface area contributed by atoms with Crippen molar-refractivity contribution in [1.82, 2.24) is 10.3 Å². The number of nitrogens with one attached hydrogen (secondary N) is 2. The first-order valence-electron chi connectivity index (χ1n) is 8.74. The van der Waals surface area contributed by atoms with Crippen molar-refractivity contribution in [2.75, 3.05) is 5.32 Å². The summed E-state index contributed by atoms with van der Waals surface area (Å²) in [5.74, 6) is 0.666. The van der Waals surface area contributed by atoms with Gasteiger partial charge in [0.1, 0.15) is 0 Å². The summed E-state index contributed by atoms with van der Waals surface area (Å²) < 4.78 is 0. The van der Waals surface area contributed by atoms with E-state index in [4.69, 9.17) is 0 Å². The van der Waals surface area contributed by atoms with Gasteiger partial charge in [0.25, 0.3) is 0 Å². The van der Waals surface area contributed by atoms with E-state index >= 15 is 0 Å². The van der Waals surface area contributed by atoms with Crippen LogP contribution >= 0.6 is 11.3 Å². The number of thiazole rings is 1. The fourth-order valence-electron chi connectivity index (χ4n) is 4.04. The topological polar surface area (TPSA) is 54.0 Å². The van der Waals surface area contributed by atoms with Gasteiger partial charge < -0.3 is 10.6 Å². The number of aryl methyl sites for hydroxylation is 1. The van der Waals surface area contributed by atoms with Crippen molar-refractivity contribution in [3.05, 3.63) is 34.7 Å². The Kier molecular flexibility index (Phi) is 4.37. The van der Waals surface area contributed by atoms with Crippen molar-refractivity contribution in [2.24, 2.45) is 5.92 Å². The van der Waals surface area contributed by atoms with Crippen LogP contribution in [-0.2, 0) is 4.79 Å². The number of carbonyl (C=O) groups excluding carboxylic acids is 1. The first-order valence-corrected chi connectivity index (χ1v) is 9.62. The first kappa shape index (κ1) is 15.8. The van der Waals surface area contributed by atoms with Crippen LogP contribution in [-0.4, -0.2) is 23.0 Å². The van der Waals surface area contributed by atoms with E-state index in [9.17, 15) is 4.79 Å². The molecule has 1 aromatic carbocycles. The molecule has 2 aliphatic rings. The Morgan fingerprint density at radius 2 is 1.96 bits per heavy atom. The van der Waals surface area contributed by atoms with E-state index in [0.29, 0.717) is 24.4 Å². The highest BCUT2D eigenvalue weighted by Crippen LogP contribution is 2.33. The van der Waals surface area contributed by atoms with E-state index in [1.807, 2.05) is 31.2 Å². The number of hydrogen-bond acceptors (Lipinski definition) is 4. The van der Waals surface area contributed by atoms with Gasteiger partial charge in [0, 0.05) is 35.1 Å². The van der Waals surface area contributed by atoms with Crippen LogP contribution in [0.5, 0.6) is 0 Å². The van der Waals surface area contributed by atoms with Crippen LogP contribution in [0.1, 0.15) is 37.1 Å². The number of piperidine rings is 1. The Balaban J connectivity index is 1.34. The fraction of sp³-hybridized carbons (Fsp3) is 0.474. The largest absolute Gasteiger partial charge is 0.326 e. The summed E-state index contributed by atoms with van der Waals surface area (Å²) in [6.07, 6.45) is 5.49. The molecule has 0 saturated carbocycles. The highest BCUT2D eigenvalue weighted by molar-refractivity contribution is 7.09. The quantitative estimate of drug-likeness (QED) is 0.884. The maximum atomic E-state index is 12.3. The summed E-state index contributed by atoms with van der Waals surface area (Å²) in [5.41, 5.74) is 2.96. The standard InChI is InChI=1S/C19H23N3OS/c1-12-20-18(11-24-12)14-2-4-15(5-3-14)22-19(23)10-13-8-16-6-7-17(9-13)21-16/h2-5,11,13,16-17,21H,6-10H2,1H3,(H,22,23). The lowest BCUT2D eigenvalue weighted by molar-refractivity contribution is -0.117. The highest BCUT2D eigenvalue weighted by atomic mass is 32.1. The van der Waals surface area contributed by atoms with E-state index in [-0.39, 0.29) is 5.91 Å². The van der Waals surface area contributed by atoms with Crippen LogP contribution < -0.4 is 10.6 Å². The lowest BCUT2D eigenvalue weighted by Gasteiger charge is -2.28. The van der Waals surface area contributed by atoms with Crippen molar-refractivity contribution in [2.45, 2.75) is 51.1 Å². The Labute approximate surface area is 146 Å². The Morgan fingerprint density at radius 1 is 1.25 bits per heavy atom. The third-order valence-corrected chi connectivity index (χ3v) is 5.90. The van der Waals surface area contributed by atoms with Crippen LogP contribution in [0.3, 0.4) is 0 Å². The number of nitrogens with zero attached hydrogens (tertiary/aromatic N) is 1.